The molecular weight excluding hydrogens is 262 g/mol. The number of hydrogen-bond donors (Lipinski definition) is 1. The van der Waals surface area contributed by atoms with Crippen LogP contribution in [-0.2, 0) is 9.53 Å². The van der Waals surface area contributed by atoms with E-state index in [1.54, 1.807) is 5.38 Å². The van der Waals surface area contributed by atoms with E-state index in [0.717, 1.165) is 28.2 Å². The van der Waals surface area contributed by atoms with Crippen molar-refractivity contribution in [1.82, 2.24) is 4.98 Å². The summed E-state index contributed by atoms with van der Waals surface area (Å²) in [4.78, 5) is 24.6. The van der Waals surface area contributed by atoms with Gasteiger partial charge in [-0.15, -0.1) is 0 Å². The van der Waals surface area contributed by atoms with Crippen molar-refractivity contribution in [3.63, 3.8) is 0 Å². The fourth-order valence-electron chi connectivity index (χ4n) is 1.45. The van der Waals surface area contributed by atoms with Crippen molar-refractivity contribution in [2.75, 3.05) is 7.11 Å². The fourth-order valence-corrected chi connectivity index (χ4v) is 2.03. The fraction of sp³-hybridized carbons (Fsp3) is 0.143. The number of thiazole rings is 1. The van der Waals surface area contributed by atoms with Crippen molar-refractivity contribution < 1.29 is 9.53 Å². The highest BCUT2D eigenvalue weighted by molar-refractivity contribution is 7.07. The van der Waals surface area contributed by atoms with Crippen molar-refractivity contribution in [1.29, 1.82) is 0 Å². The van der Waals surface area contributed by atoms with Crippen molar-refractivity contribution in [3.05, 3.63) is 44.9 Å². The molecule has 1 N–H and O–H groups in total. The predicted octanol–water partition coefficient (Wildman–Crippen LogP) is 2.02. The van der Waals surface area contributed by atoms with E-state index in [1.165, 1.54) is 7.11 Å². The summed E-state index contributed by atoms with van der Waals surface area (Å²) in [6, 6.07) is 7.44. The molecule has 1 aromatic carbocycles. The van der Waals surface area contributed by atoms with Crippen molar-refractivity contribution in [2.24, 2.45) is 0 Å². The third kappa shape index (κ3) is 3.57. The third-order valence-corrected chi connectivity index (χ3v) is 3.08. The van der Waals surface area contributed by atoms with Gasteiger partial charge in [-0.25, -0.2) is 0 Å². The summed E-state index contributed by atoms with van der Waals surface area (Å²) in [7, 11) is 1.33. The molecule has 0 aliphatic carbocycles. The number of methoxy groups -OCH3 is 1. The monoisotopic (exact) mass is 273 g/mol. The minimum atomic E-state index is -0.347. The smallest absolute Gasteiger partial charge is 0.317 e. The summed E-state index contributed by atoms with van der Waals surface area (Å²) >= 11 is 1.13. The topological polar surface area (TPSA) is 59.2 Å². The van der Waals surface area contributed by atoms with Gasteiger partial charge in [0, 0.05) is 10.9 Å². The van der Waals surface area contributed by atoms with Crippen LogP contribution in [0, 0.1) is 11.8 Å². The first kappa shape index (κ1) is 13.1. The number of nitrogens with one attached hydrogen (secondary N) is 1. The molecular formula is C14H11NO3S. The summed E-state index contributed by atoms with van der Waals surface area (Å²) in [5.74, 6) is 5.26. The molecule has 0 bridgehead atoms. The van der Waals surface area contributed by atoms with Crippen LogP contribution in [0.1, 0.15) is 12.0 Å². The first-order valence-corrected chi connectivity index (χ1v) is 6.41. The first-order valence-electron chi connectivity index (χ1n) is 5.53. The van der Waals surface area contributed by atoms with E-state index in [2.05, 4.69) is 21.6 Å². The van der Waals surface area contributed by atoms with E-state index in [9.17, 15) is 9.59 Å². The summed E-state index contributed by atoms with van der Waals surface area (Å²) in [5, 5.41) is 1.78. The van der Waals surface area contributed by atoms with E-state index < -0.39 is 0 Å². The van der Waals surface area contributed by atoms with E-state index >= 15 is 0 Å². The lowest BCUT2D eigenvalue weighted by Gasteiger charge is -1.97. The van der Waals surface area contributed by atoms with Gasteiger partial charge in [-0.05, 0) is 17.7 Å². The molecule has 4 nitrogen and oxygen atoms in total. The van der Waals surface area contributed by atoms with Crippen LogP contribution < -0.4 is 4.87 Å². The lowest BCUT2D eigenvalue weighted by Crippen LogP contribution is -1.97. The zero-order valence-electron chi connectivity index (χ0n) is 10.2. The number of H-pyrrole nitrogens is 1. The lowest BCUT2D eigenvalue weighted by molar-refractivity contribution is -0.139. The molecule has 5 heteroatoms. The molecule has 0 saturated heterocycles. The van der Waals surface area contributed by atoms with Gasteiger partial charge in [-0.1, -0.05) is 35.3 Å². The molecule has 0 radical (unpaired) electrons. The Labute approximate surface area is 114 Å². The van der Waals surface area contributed by atoms with Crippen LogP contribution in [0.3, 0.4) is 0 Å². The predicted molar refractivity (Wildman–Crippen MR) is 73.9 cm³/mol. The minimum Gasteiger partial charge on any atom is -0.468 e. The van der Waals surface area contributed by atoms with Crippen LogP contribution in [0.2, 0.25) is 0 Å². The number of carbonyl (C=O) groups is 1. The molecule has 0 amide bonds. The number of aromatic nitrogens is 1. The first-order chi connectivity index (χ1) is 9.19. The number of carbonyl (C=O) groups excluding carboxylic acids is 1. The molecule has 0 fully saturated rings. The van der Waals surface area contributed by atoms with Crippen LogP contribution in [0.15, 0.2) is 34.4 Å². The number of esters is 1. The van der Waals surface area contributed by atoms with Crippen LogP contribution in [0.4, 0.5) is 0 Å². The Morgan fingerprint density at radius 1 is 1.37 bits per heavy atom. The second kappa shape index (κ2) is 6.03. The van der Waals surface area contributed by atoms with Crippen molar-refractivity contribution in [3.8, 4) is 23.1 Å². The Morgan fingerprint density at radius 3 is 2.68 bits per heavy atom. The van der Waals surface area contributed by atoms with E-state index in [1.807, 2.05) is 24.3 Å². The SMILES string of the molecule is COC(=O)CC#Cc1ccc(-c2csc(=O)[nH]2)cc1. The molecule has 1 aromatic heterocycles. The van der Waals surface area contributed by atoms with E-state index in [0.29, 0.717) is 0 Å². The maximum Gasteiger partial charge on any atom is 0.317 e. The molecule has 96 valence electrons. The average Bonchev–Trinajstić information content (AvgIpc) is 2.86. The van der Waals surface area contributed by atoms with Gasteiger partial charge >= 0.3 is 10.8 Å². The molecule has 2 aromatic rings. The number of ether oxygens (including phenoxy) is 1. The maximum absolute atomic E-state index is 11.1. The van der Waals surface area contributed by atoms with Gasteiger partial charge in [0.2, 0.25) is 0 Å². The maximum atomic E-state index is 11.1. The Balaban J connectivity index is 2.10. The number of rotatable bonds is 2. The highest BCUT2D eigenvalue weighted by atomic mass is 32.1. The standard InChI is InChI=1S/C14H11NO3S/c1-18-13(16)4-2-3-10-5-7-11(8-6-10)12-9-19-14(17)15-12/h5-9H,4H2,1H3,(H,15,17). The Kier molecular flexibility index (Phi) is 4.16. The molecule has 0 spiro atoms. The number of aromatic amines is 1. The molecule has 0 unspecified atom stereocenters. The summed E-state index contributed by atoms with van der Waals surface area (Å²) < 4.78 is 4.49. The Bertz CT molecular complexity index is 686. The molecule has 0 atom stereocenters. The highest BCUT2D eigenvalue weighted by Gasteiger charge is 2.00. The zero-order chi connectivity index (χ0) is 13.7. The zero-order valence-corrected chi connectivity index (χ0v) is 11.0. The van der Waals surface area contributed by atoms with Gasteiger partial charge in [0.1, 0.15) is 6.42 Å². The van der Waals surface area contributed by atoms with Crippen LogP contribution in [0.25, 0.3) is 11.3 Å². The van der Waals surface area contributed by atoms with Crippen LogP contribution >= 0.6 is 11.3 Å². The normalized spacial score (nSPS) is 9.53. The van der Waals surface area contributed by atoms with E-state index in [-0.39, 0.29) is 17.3 Å². The second-order valence-corrected chi connectivity index (χ2v) is 4.54. The van der Waals surface area contributed by atoms with Gasteiger partial charge in [0.25, 0.3) is 0 Å². The Hall–Kier alpha value is -2.32. The van der Waals surface area contributed by atoms with Gasteiger partial charge in [-0.3, -0.25) is 9.59 Å². The van der Waals surface area contributed by atoms with Crippen LogP contribution in [0.5, 0.6) is 0 Å². The largest absolute Gasteiger partial charge is 0.468 e. The van der Waals surface area contributed by atoms with Gasteiger partial charge in [0.15, 0.2) is 0 Å². The van der Waals surface area contributed by atoms with Crippen LogP contribution in [-0.4, -0.2) is 18.1 Å². The number of benzene rings is 1. The second-order valence-electron chi connectivity index (χ2n) is 3.69. The summed E-state index contributed by atoms with van der Waals surface area (Å²) in [5.41, 5.74) is 2.53. The van der Waals surface area contributed by atoms with Gasteiger partial charge in [0.05, 0.1) is 12.8 Å². The number of hydrogen-bond acceptors (Lipinski definition) is 4. The van der Waals surface area contributed by atoms with E-state index in [4.69, 9.17) is 0 Å². The minimum absolute atomic E-state index is 0.0723. The van der Waals surface area contributed by atoms with Gasteiger partial charge in [-0.2, -0.15) is 0 Å². The molecule has 0 saturated carbocycles. The van der Waals surface area contributed by atoms with Crippen molar-refractivity contribution in [2.45, 2.75) is 6.42 Å². The molecule has 1 heterocycles. The lowest BCUT2D eigenvalue weighted by atomic mass is 10.1. The summed E-state index contributed by atoms with van der Waals surface area (Å²) in [6.07, 6.45) is 0.0795. The molecule has 0 aliphatic rings. The quantitative estimate of drug-likeness (QED) is 0.672. The highest BCUT2D eigenvalue weighted by Crippen LogP contribution is 2.17. The molecule has 0 aliphatic heterocycles. The summed E-state index contributed by atoms with van der Waals surface area (Å²) in [6.45, 7) is 0. The average molecular weight is 273 g/mol. The third-order valence-electron chi connectivity index (χ3n) is 2.41. The van der Waals surface area contributed by atoms with Crippen molar-refractivity contribution >= 4 is 17.3 Å². The molecule has 2 rings (SSSR count). The molecule has 19 heavy (non-hydrogen) atoms. The Morgan fingerprint density at radius 2 is 2.11 bits per heavy atom. The van der Waals surface area contributed by atoms with Gasteiger partial charge < -0.3 is 9.72 Å².